The Morgan fingerprint density at radius 2 is 1.22 bits per heavy atom. The molecule has 0 aromatic heterocycles. The monoisotopic (exact) mass is 675 g/mol. The van der Waals surface area contributed by atoms with Gasteiger partial charge in [0.25, 0.3) is 11.8 Å². The Morgan fingerprint density at radius 3 is 1.87 bits per heavy atom. The van der Waals surface area contributed by atoms with Gasteiger partial charge in [-0.2, -0.15) is 0 Å². The van der Waals surface area contributed by atoms with Crippen LogP contribution in [0.3, 0.4) is 0 Å². The molecule has 0 radical (unpaired) electrons. The molecule has 0 aliphatic carbocycles. The smallest absolute Gasteiger partial charge is 0.272 e. The molecule has 5 rings (SSSR count). The molecule has 1 unspecified atom stereocenters. The van der Waals surface area contributed by atoms with Crippen molar-refractivity contribution in [2.24, 2.45) is 0 Å². The lowest BCUT2D eigenvalue weighted by Crippen LogP contribution is -2.30. The number of carbonyl (C=O) groups is 3. The van der Waals surface area contributed by atoms with Gasteiger partial charge in [0.15, 0.2) is 0 Å². The summed E-state index contributed by atoms with van der Waals surface area (Å²) >= 11 is 4.81. The first kappa shape index (κ1) is 31.5. The Morgan fingerprint density at radius 1 is 0.667 bits per heavy atom. The van der Waals surface area contributed by atoms with Crippen molar-refractivity contribution < 1.29 is 14.4 Å². The van der Waals surface area contributed by atoms with E-state index < -0.39 is 5.91 Å². The number of benzene rings is 5. The van der Waals surface area contributed by atoms with Gasteiger partial charge in [-0.1, -0.05) is 88.7 Å². The van der Waals surface area contributed by atoms with E-state index in [2.05, 4.69) is 31.9 Å². The lowest BCUT2D eigenvalue weighted by atomic mass is 10.0. The van der Waals surface area contributed by atoms with Gasteiger partial charge >= 0.3 is 0 Å². The van der Waals surface area contributed by atoms with Gasteiger partial charge in [-0.15, -0.1) is 11.8 Å². The minimum absolute atomic E-state index is 0.105. The zero-order valence-electron chi connectivity index (χ0n) is 24.4. The van der Waals surface area contributed by atoms with Gasteiger partial charge in [-0.3, -0.25) is 14.4 Å². The van der Waals surface area contributed by atoms with Crippen molar-refractivity contribution in [3.8, 4) is 11.1 Å². The van der Waals surface area contributed by atoms with E-state index in [-0.39, 0.29) is 22.8 Å². The quantitative estimate of drug-likeness (QED) is 0.102. The summed E-state index contributed by atoms with van der Waals surface area (Å²) < 4.78 is 0.939. The molecule has 0 saturated carbocycles. The maximum absolute atomic E-state index is 13.5. The van der Waals surface area contributed by atoms with Crippen LogP contribution in [0.25, 0.3) is 17.2 Å². The number of amides is 3. The largest absolute Gasteiger partial charge is 0.325 e. The summed E-state index contributed by atoms with van der Waals surface area (Å²) in [4.78, 5) is 40.0. The minimum atomic E-state index is -0.464. The zero-order valence-corrected chi connectivity index (χ0v) is 26.8. The van der Waals surface area contributed by atoms with Crippen LogP contribution in [-0.2, 0) is 9.59 Å². The summed E-state index contributed by atoms with van der Waals surface area (Å²) in [5, 5.41) is 8.24. The Bertz CT molecular complexity index is 1790. The average Bonchev–Trinajstić information content (AvgIpc) is 3.07. The number of rotatable bonds is 10. The van der Waals surface area contributed by atoms with Crippen molar-refractivity contribution in [1.29, 1.82) is 0 Å². The highest BCUT2D eigenvalue weighted by Gasteiger charge is 2.17. The molecule has 1 atom stereocenters. The Balaban J connectivity index is 1.27. The number of halogens is 1. The Kier molecular flexibility index (Phi) is 10.6. The van der Waals surface area contributed by atoms with E-state index in [9.17, 15) is 14.4 Å². The number of carbonyl (C=O) groups excluding carboxylic acids is 3. The van der Waals surface area contributed by atoms with Crippen LogP contribution < -0.4 is 16.0 Å². The fourth-order valence-corrected chi connectivity index (χ4v) is 5.49. The molecule has 5 aromatic rings. The molecule has 45 heavy (non-hydrogen) atoms. The van der Waals surface area contributed by atoms with E-state index in [0.717, 1.165) is 31.7 Å². The van der Waals surface area contributed by atoms with Crippen molar-refractivity contribution in [3.05, 3.63) is 155 Å². The minimum Gasteiger partial charge on any atom is -0.325 e. The second-order valence-corrected chi connectivity index (χ2v) is 12.4. The van der Waals surface area contributed by atoms with Crippen molar-refractivity contribution in [2.75, 3.05) is 10.6 Å². The predicted molar refractivity (Wildman–Crippen MR) is 187 cm³/mol. The van der Waals surface area contributed by atoms with Gasteiger partial charge in [-0.05, 0) is 90.4 Å². The summed E-state index contributed by atoms with van der Waals surface area (Å²) in [5.41, 5.74) is 4.72. The van der Waals surface area contributed by atoms with Crippen molar-refractivity contribution in [3.63, 3.8) is 0 Å². The first-order valence-corrected chi connectivity index (χ1v) is 15.9. The van der Waals surface area contributed by atoms with Gasteiger partial charge in [-0.25, -0.2) is 0 Å². The third-order valence-corrected chi connectivity index (χ3v) is 8.40. The van der Waals surface area contributed by atoms with Gasteiger partial charge < -0.3 is 16.0 Å². The predicted octanol–water partition coefficient (Wildman–Crippen LogP) is 8.65. The first-order chi connectivity index (χ1) is 21.8. The molecule has 0 heterocycles. The second kappa shape index (κ2) is 15.2. The summed E-state index contributed by atoms with van der Waals surface area (Å²) in [6.07, 6.45) is 1.65. The lowest BCUT2D eigenvalue weighted by molar-refractivity contribution is -0.115. The highest BCUT2D eigenvalue weighted by Crippen LogP contribution is 2.26. The van der Waals surface area contributed by atoms with Crippen LogP contribution in [0.5, 0.6) is 0 Å². The fourth-order valence-electron chi connectivity index (χ4n) is 4.36. The molecular weight excluding hydrogens is 646 g/mol. The van der Waals surface area contributed by atoms with Gasteiger partial charge in [0, 0.05) is 26.3 Å². The highest BCUT2D eigenvalue weighted by atomic mass is 79.9. The number of hydrogen-bond donors (Lipinski definition) is 3. The molecule has 0 aliphatic heterocycles. The van der Waals surface area contributed by atoms with Gasteiger partial charge in [0.2, 0.25) is 5.91 Å². The molecule has 0 aliphatic rings. The second-order valence-electron chi connectivity index (χ2n) is 10.1. The summed E-state index contributed by atoms with van der Waals surface area (Å²) in [6.45, 7) is 1.84. The molecule has 0 saturated heterocycles. The number of thioether (sulfide) groups is 1. The molecule has 224 valence electrons. The van der Waals surface area contributed by atoms with E-state index in [1.54, 1.807) is 42.5 Å². The van der Waals surface area contributed by atoms with Crippen LogP contribution in [0, 0.1) is 0 Å². The summed E-state index contributed by atoms with van der Waals surface area (Å²) in [5.74, 6) is -0.963. The molecule has 0 bridgehead atoms. The van der Waals surface area contributed by atoms with Crippen LogP contribution in [0.1, 0.15) is 22.8 Å². The van der Waals surface area contributed by atoms with Gasteiger partial charge in [0.05, 0.1) is 5.25 Å². The van der Waals surface area contributed by atoms with Crippen LogP contribution in [0.15, 0.2) is 149 Å². The average molecular weight is 677 g/mol. The Labute approximate surface area is 275 Å². The lowest BCUT2D eigenvalue weighted by Gasteiger charge is -2.14. The van der Waals surface area contributed by atoms with Crippen molar-refractivity contribution in [1.82, 2.24) is 5.32 Å². The maximum Gasteiger partial charge on any atom is 0.272 e. The number of hydrogen-bond acceptors (Lipinski definition) is 4. The van der Waals surface area contributed by atoms with E-state index in [0.29, 0.717) is 11.3 Å². The van der Waals surface area contributed by atoms with Crippen molar-refractivity contribution in [2.45, 2.75) is 17.1 Å². The molecule has 5 aromatic carbocycles. The van der Waals surface area contributed by atoms with Crippen LogP contribution in [0.2, 0.25) is 0 Å². The molecule has 0 spiro atoms. The first-order valence-electron chi connectivity index (χ1n) is 14.2. The van der Waals surface area contributed by atoms with E-state index in [4.69, 9.17) is 0 Å². The SMILES string of the molecule is CC(Sc1ccc(NC(=O)/C(=C/c2ccc(-c3ccccc3)cc2)NC(=O)c2ccccc2)cc1)C(=O)Nc1ccc(Br)cc1. The molecule has 3 N–H and O–H groups in total. The fraction of sp³-hybridized carbons (Fsp3) is 0.0541. The molecule has 8 heteroatoms. The third-order valence-electron chi connectivity index (χ3n) is 6.76. The molecule has 6 nitrogen and oxygen atoms in total. The number of anilines is 2. The van der Waals surface area contributed by atoms with Gasteiger partial charge in [0.1, 0.15) is 5.70 Å². The van der Waals surface area contributed by atoms with Crippen LogP contribution >= 0.6 is 27.7 Å². The molecule has 3 amide bonds. The van der Waals surface area contributed by atoms with Crippen molar-refractivity contribution >= 4 is 62.9 Å². The molecular formula is C37H30BrN3O3S. The standard InChI is InChI=1S/C37H30BrN3O3S/c1-25(35(42)39-31-18-16-30(38)17-19-31)45-33-22-20-32(21-23-33)40-37(44)34(41-36(43)29-10-6-3-7-11-29)24-26-12-14-28(15-13-26)27-8-4-2-5-9-27/h2-25H,1H3,(H,39,42)(H,40,44)(H,41,43)/b34-24-. The van der Waals surface area contributed by atoms with E-state index in [1.165, 1.54) is 11.8 Å². The molecule has 0 fully saturated rings. The van der Waals surface area contributed by atoms with Crippen LogP contribution in [0.4, 0.5) is 11.4 Å². The zero-order chi connectivity index (χ0) is 31.6. The Hall–Kier alpha value is -4.92. The number of nitrogens with one attached hydrogen (secondary N) is 3. The topological polar surface area (TPSA) is 87.3 Å². The third kappa shape index (κ3) is 9.04. The summed E-state index contributed by atoms with van der Waals surface area (Å²) in [7, 11) is 0. The summed E-state index contributed by atoms with van der Waals surface area (Å²) in [6, 6.07) is 41.2. The maximum atomic E-state index is 13.5. The normalized spacial score (nSPS) is 11.7. The van der Waals surface area contributed by atoms with E-state index in [1.807, 2.05) is 104 Å². The highest BCUT2D eigenvalue weighted by molar-refractivity contribution is 9.10. The van der Waals surface area contributed by atoms with Crippen LogP contribution in [-0.4, -0.2) is 23.0 Å². The van der Waals surface area contributed by atoms with E-state index >= 15 is 0 Å².